The molecule has 0 saturated heterocycles. The van der Waals surface area contributed by atoms with E-state index in [1.165, 1.54) is 6.08 Å². The van der Waals surface area contributed by atoms with Gasteiger partial charge in [0.25, 0.3) is 5.91 Å². The van der Waals surface area contributed by atoms with E-state index in [1.54, 1.807) is 37.5 Å². The van der Waals surface area contributed by atoms with Gasteiger partial charge in [-0.25, -0.2) is 8.42 Å². The molecule has 0 aliphatic rings. The second-order valence-electron chi connectivity index (χ2n) is 4.98. The summed E-state index contributed by atoms with van der Waals surface area (Å²) in [6, 6.07) is 6.71. The fraction of sp³-hybridized carbons (Fsp3) is 0.294. The summed E-state index contributed by atoms with van der Waals surface area (Å²) in [5.41, 5.74) is 0.503. The van der Waals surface area contributed by atoms with Crippen LogP contribution in [0.5, 0.6) is 5.75 Å². The molecule has 1 aromatic carbocycles. The van der Waals surface area contributed by atoms with Crippen molar-refractivity contribution >= 4 is 21.8 Å². The lowest BCUT2D eigenvalue weighted by Gasteiger charge is -2.09. The van der Waals surface area contributed by atoms with Crippen molar-refractivity contribution in [3.8, 4) is 5.75 Å². The molecule has 0 spiro atoms. The molecule has 0 fully saturated rings. The van der Waals surface area contributed by atoms with Crippen molar-refractivity contribution in [2.24, 2.45) is 4.99 Å². The molecule has 25 heavy (non-hydrogen) atoms. The van der Waals surface area contributed by atoms with Gasteiger partial charge in [-0.2, -0.15) is 0 Å². The smallest absolute Gasteiger partial charge is 0.251 e. The molecule has 0 unspecified atom stereocenters. The third kappa shape index (κ3) is 7.67. The first kappa shape index (κ1) is 20.4. The van der Waals surface area contributed by atoms with E-state index in [0.717, 1.165) is 0 Å². The predicted molar refractivity (Wildman–Crippen MR) is 99.6 cm³/mol. The van der Waals surface area contributed by atoms with E-state index >= 15 is 0 Å². The molecule has 2 N–H and O–H groups in total. The molecule has 0 heterocycles. The molecular weight excluding hydrogens is 342 g/mol. The largest absolute Gasteiger partial charge is 0.497 e. The van der Waals surface area contributed by atoms with Crippen molar-refractivity contribution in [2.45, 2.75) is 6.42 Å². The molecule has 0 bridgehead atoms. The molecule has 1 amide bonds. The Balaban J connectivity index is 2.55. The maximum absolute atomic E-state index is 12.0. The summed E-state index contributed by atoms with van der Waals surface area (Å²) >= 11 is 0. The quantitative estimate of drug-likeness (QED) is 0.284. The number of benzene rings is 1. The number of nitrogens with zero attached hydrogens (tertiary/aromatic N) is 1. The van der Waals surface area contributed by atoms with Gasteiger partial charge in [0.05, 0.1) is 19.4 Å². The predicted octanol–water partition coefficient (Wildman–Crippen LogP) is 1.51. The number of rotatable bonds is 10. The Morgan fingerprint density at radius 2 is 1.92 bits per heavy atom. The minimum absolute atomic E-state index is 0.197. The highest BCUT2D eigenvalue weighted by molar-refractivity contribution is 7.90. The summed E-state index contributed by atoms with van der Waals surface area (Å²) in [7, 11) is -1.95. The minimum atomic E-state index is -3.50. The van der Waals surface area contributed by atoms with Crippen LogP contribution in [0.3, 0.4) is 0 Å². The number of ether oxygens (including phenoxy) is 1. The normalized spacial score (nSPS) is 11.5. The van der Waals surface area contributed by atoms with Gasteiger partial charge in [0.1, 0.15) is 11.6 Å². The monoisotopic (exact) mass is 365 g/mol. The van der Waals surface area contributed by atoms with E-state index in [2.05, 4.69) is 28.2 Å². The molecule has 0 atom stereocenters. The Morgan fingerprint density at radius 3 is 2.48 bits per heavy atom. The lowest BCUT2D eigenvalue weighted by Crippen LogP contribution is -2.33. The van der Waals surface area contributed by atoms with Crippen LogP contribution in [0.25, 0.3) is 0 Å². The number of sulfonamides is 1. The lowest BCUT2D eigenvalue weighted by molar-refractivity contribution is 0.0954. The molecule has 8 heteroatoms. The van der Waals surface area contributed by atoms with Crippen LogP contribution in [0.1, 0.15) is 16.8 Å². The lowest BCUT2D eigenvalue weighted by atomic mass is 10.2. The van der Waals surface area contributed by atoms with Gasteiger partial charge >= 0.3 is 0 Å². The van der Waals surface area contributed by atoms with Gasteiger partial charge in [-0.3, -0.25) is 14.5 Å². The number of hydrogen-bond acceptors (Lipinski definition) is 5. The number of aliphatic imine (C=N–C) groups is 1. The Labute approximate surface area is 148 Å². The van der Waals surface area contributed by atoms with Gasteiger partial charge in [-0.1, -0.05) is 12.2 Å². The van der Waals surface area contributed by atoms with E-state index in [1.807, 2.05) is 0 Å². The Hall–Kier alpha value is -2.61. The molecule has 0 radical (unpaired) electrons. The van der Waals surface area contributed by atoms with Crippen LogP contribution >= 0.6 is 0 Å². The van der Waals surface area contributed by atoms with Crippen LogP contribution < -0.4 is 14.8 Å². The molecule has 0 aliphatic heterocycles. The molecule has 0 aliphatic carbocycles. The number of carbonyl (C=O) groups excluding carboxylic acids is 1. The zero-order valence-corrected chi connectivity index (χ0v) is 15.0. The topological polar surface area (TPSA) is 96.9 Å². The molecule has 1 rings (SSSR count). The molecule has 0 aromatic heterocycles. The van der Waals surface area contributed by atoms with E-state index in [0.29, 0.717) is 11.3 Å². The first-order chi connectivity index (χ1) is 11.9. The average Bonchev–Trinajstić information content (AvgIpc) is 2.58. The molecular formula is C17H23N3O4S. The number of hydrogen-bond donors (Lipinski definition) is 2. The Morgan fingerprint density at radius 1 is 1.24 bits per heavy atom. The molecule has 136 valence electrons. The van der Waals surface area contributed by atoms with Crippen molar-refractivity contribution < 1.29 is 17.9 Å². The van der Waals surface area contributed by atoms with E-state index in [4.69, 9.17) is 4.74 Å². The number of methoxy groups -OCH3 is 1. The van der Waals surface area contributed by atoms with Crippen LogP contribution in [-0.2, 0) is 10.0 Å². The fourth-order valence-electron chi connectivity index (χ4n) is 1.86. The second-order valence-corrected chi connectivity index (χ2v) is 6.74. The van der Waals surface area contributed by atoms with E-state index < -0.39 is 10.0 Å². The Kier molecular flexibility index (Phi) is 8.42. The van der Waals surface area contributed by atoms with Crippen LogP contribution in [-0.4, -0.2) is 46.1 Å². The first-order valence-corrected chi connectivity index (χ1v) is 9.25. The third-order valence-electron chi connectivity index (χ3n) is 3.00. The maximum atomic E-state index is 12.0. The Bertz CT molecular complexity index is 725. The zero-order valence-electron chi connectivity index (χ0n) is 14.2. The van der Waals surface area contributed by atoms with Crippen molar-refractivity contribution in [1.29, 1.82) is 0 Å². The van der Waals surface area contributed by atoms with E-state index in [9.17, 15) is 13.2 Å². The summed E-state index contributed by atoms with van der Waals surface area (Å²) < 4.78 is 30.8. The summed E-state index contributed by atoms with van der Waals surface area (Å²) in [6.45, 7) is 7.48. The number of nitrogens with one attached hydrogen (secondary N) is 2. The van der Waals surface area contributed by atoms with E-state index in [-0.39, 0.29) is 37.0 Å². The first-order valence-electron chi connectivity index (χ1n) is 7.59. The van der Waals surface area contributed by atoms with Gasteiger partial charge < -0.3 is 10.1 Å². The minimum Gasteiger partial charge on any atom is -0.497 e. The zero-order chi connectivity index (χ0) is 18.7. The van der Waals surface area contributed by atoms with Gasteiger partial charge in [-0.05, 0) is 24.3 Å². The summed E-state index contributed by atoms with van der Waals surface area (Å²) in [5, 5.41) is 2.72. The van der Waals surface area contributed by atoms with Crippen LogP contribution in [0.15, 0.2) is 54.6 Å². The van der Waals surface area contributed by atoms with Gasteiger partial charge in [-0.15, -0.1) is 13.2 Å². The average molecular weight is 365 g/mol. The highest BCUT2D eigenvalue weighted by Crippen LogP contribution is 2.10. The van der Waals surface area contributed by atoms with Crippen LogP contribution in [0.2, 0.25) is 0 Å². The number of carbonyl (C=O) groups is 1. The fourth-order valence-corrected chi connectivity index (χ4v) is 2.76. The van der Waals surface area contributed by atoms with Crippen molar-refractivity contribution in [3.63, 3.8) is 0 Å². The number of amidine groups is 1. The number of amides is 1. The van der Waals surface area contributed by atoms with Crippen LogP contribution in [0, 0.1) is 0 Å². The standard InChI is InChI=1S/C17H23N3O4S/c1-4-6-16(20-25(22,23)13-5-2)18-11-12-19-17(21)14-7-9-15(24-3)10-8-14/h4-5,7-10H,1-2,6,11-13H2,3H3,(H,18,20)(H,19,21). The van der Waals surface area contributed by atoms with Gasteiger partial charge in [0, 0.05) is 18.5 Å². The summed E-state index contributed by atoms with van der Waals surface area (Å²) in [4.78, 5) is 16.1. The second kappa shape index (κ2) is 10.3. The van der Waals surface area contributed by atoms with Crippen molar-refractivity contribution in [3.05, 3.63) is 55.1 Å². The van der Waals surface area contributed by atoms with Crippen LogP contribution in [0.4, 0.5) is 0 Å². The molecule has 0 saturated carbocycles. The molecule has 7 nitrogen and oxygen atoms in total. The third-order valence-corrected chi connectivity index (χ3v) is 4.22. The molecule has 1 aromatic rings. The summed E-state index contributed by atoms with van der Waals surface area (Å²) in [6.07, 6.45) is 3.12. The van der Waals surface area contributed by atoms with Crippen molar-refractivity contribution in [2.75, 3.05) is 26.0 Å². The van der Waals surface area contributed by atoms with Gasteiger partial charge in [0.15, 0.2) is 0 Å². The van der Waals surface area contributed by atoms with Gasteiger partial charge in [0.2, 0.25) is 10.0 Å². The summed E-state index contributed by atoms with van der Waals surface area (Å²) in [5.74, 6) is 0.505. The SMILES string of the molecule is C=CCC(=NCCNC(=O)c1ccc(OC)cc1)NS(=O)(=O)CC=C. The van der Waals surface area contributed by atoms with Crippen molar-refractivity contribution in [1.82, 2.24) is 10.0 Å². The maximum Gasteiger partial charge on any atom is 0.251 e. The highest BCUT2D eigenvalue weighted by atomic mass is 32.2. The highest BCUT2D eigenvalue weighted by Gasteiger charge is 2.10.